The first kappa shape index (κ1) is 16.5. The van der Waals surface area contributed by atoms with Gasteiger partial charge in [-0.2, -0.15) is 0 Å². The molecule has 1 aliphatic heterocycles. The summed E-state index contributed by atoms with van der Waals surface area (Å²) in [4.78, 5) is 2.66. The Labute approximate surface area is 130 Å². The highest BCUT2D eigenvalue weighted by atomic mass is 15.1. The molecule has 1 heterocycles. The molecule has 2 nitrogen and oxygen atoms in total. The first-order valence-corrected chi connectivity index (χ1v) is 8.73. The Balaban J connectivity index is 2.06. The zero-order chi connectivity index (χ0) is 15.1. The predicted molar refractivity (Wildman–Crippen MR) is 91.9 cm³/mol. The maximum atomic E-state index is 3.76. The first-order valence-electron chi connectivity index (χ1n) is 8.73. The van der Waals surface area contributed by atoms with Crippen LogP contribution in [0.2, 0.25) is 0 Å². The maximum Gasteiger partial charge on any atom is 0.0449 e. The van der Waals surface area contributed by atoms with Gasteiger partial charge in [-0.15, -0.1) is 0 Å². The van der Waals surface area contributed by atoms with Crippen LogP contribution in [0.3, 0.4) is 0 Å². The molecule has 0 spiro atoms. The lowest BCUT2D eigenvalue weighted by Gasteiger charge is -2.28. The number of nitrogens with one attached hydrogen (secondary N) is 1. The summed E-state index contributed by atoms with van der Waals surface area (Å²) in [5, 5.41) is 3.76. The third kappa shape index (κ3) is 5.12. The molecule has 0 aromatic heterocycles. The molecule has 0 amide bonds. The lowest BCUT2D eigenvalue weighted by Crippen LogP contribution is -2.36. The number of hydrogen-bond acceptors (Lipinski definition) is 2. The molecule has 118 valence electrons. The van der Waals surface area contributed by atoms with E-state index in [1.165, 1.54) is 61.9 Å². The molecule has 1 aliphatic rings. The SMILES string of the molecule is CCCNC(CN1CCCCCC1)c1ccc(C)c(C)c1. The van der Waals surface area contributed by atoms with Gasteiger partial charge in [0.15, 0.2) is 0 Å². The van der Waals surface area contributed by atoms with Gasteiger partial charge < -0.3 is 10.2 Å². The van der Waals surface area contributed by atoms with E-state index in [0.29, 0.717) is 6.04 Å². The number of likely N-dealkylation sites (tertiary alicyclic amines) is 1. The van der Waals surface area contributed by atoms with Crippen LogP contribution in [0.25, 0.3) is 0 Å². The topological polar surface area (TPSA) is 15.3 Å². The van der Waals surface area contributed by atoms with Gasteiger partial charge in [0.1, 0.15) is 0 Å². The molecule has 1 atom stereocenters. The normalized spacial score (nSPS) is 18.4. The molecule has 1 aromatic carbocycles. The smallest absolute Gasteiger partial charge is 0.0449 e. The van der Waals surface area contributed by atoms with Crippen LogP contribution < -0.4 is 5.32 Å². The van der Waals surface area contributed by atoms with Crippen LogP contribution in [0.1, 0.15) is 61.8 Å². The van der Waals surface area contributed by atoms with E-state index in [1.807, 2.05) is 0 Å². The number of nitrogens with zero attached hydrogens (tertiary/aromatic N) is 1. The number of rotatable bonds is 6. The molecule has 1 unspecified atom stereocenters. The fraction of sp³-hybridized carbons (Fsp3) is 0.684. The largest absolute Gasteiger partial charge is 0.309 e. The van der Waals surface area contributed by atoms with Crippen molar-refractivity contribution in [2.75, 3.05) is 26.2 Å². The van der Waals surface area contributed by atoms with Crippen molar-refractivity contribution >= 4 is 0 Å². The Hall–Kier alpha value is -0.860. The summed E-state index contributed by atoms with van der Waals surface area (Å²) >= 11 is 0. The van der Waals surface area contributed by atoms with Gasteiger partial charge in [-0.3, -0.25) is 0 Å². The third-order valence-corrected chi connectivity index (χ3v) is 4.71. The predicted octanol–water partition coefficient (Wildman–Crippen LogP) is 4.22. The molecule has 2 heteroatoms. The summed E-state index contributed by atoms with van der Waals surface area (Å²) in [6.45, 7) is 11.5. The van der Waals surface area contributed by atoms with Crippen molar-refractivity contribution in [2.24, 2.45) is 0 Å². The van der Waals surface area contributed by atoms with Gasteiger partial charge in [0.05, 0.1) is 0 Å². The van der Waals surface area contributed by atoms with Crippen LogP contribution in [-0.4, -0.2) is 31.1 Å². The average molecular weight is 288 g/mol. The second-order valence-corrected chi connectivity index (χ2v) is 6.57. The van der Waals surface area contributed by atoms with Gasteiger partial charge in [-0.25, -0.2) is 0 Å². The van der Waals surface area contributed by atoms with Gasteiger partial charge in [0, 0.05) is 12.6 Å². The van der Waals surface area contributed by atoms with Crippen molar-refractivity contribution in [3.8, 4) is 0 Å². The fourth-order valence-corrected chi connectivity index (χ4v) is 3.16. The summed E-state index contributed by atoms with van der Waals surface area (Å²) in [5.41, 5.74) is 4.25. The van der Waals surface area contributed by atoms with E-state index in [9.17, 15) is 0 Å². The Morgan fingerprint density at radius 3 is 2.38 bits per heavy atom. The van der Waals surface area contributed by atoms with Crippen LogP contribution in [0.15, 0.2) is 18.2 Å². The number of benzene rings is 1. The quantitative estimate of drug-likeness (QED) is 0.843. The molecule has 1 saturated heterocycles. The minimum atomic E-state index is 0.474. The lowest BCUT2D eigenvalue weighted by molar-refractivity contribution is 0.251. The lowest BCUT2D eigenvalue weighted by atomic mass is 10.0. The second-order valence-electron chi connectivity index (χ2n) is 6.57. The number of aryl methyl sites for hydroxylation is 2. The van der Waals surface area contributed by atoms with Crippen molar-refractivity contribution in [3.05, 3.63) is 34.9 Å². The van der Waals surface area contributed by atoms with E-state index in [2.05, 4.69) is 49.2 Å². The van der Waals surface area contributed by atoms with Crippen molar-refractivity contribution in [1.29, 1.82) is 0 Å². The van der Waals surface area contributed by atoms with Crippen molar-refractivity contribution in [1.82, 2.24) is 10.2 Å². The molecular formula is C19H32N2. The summed E-state index contributed by atoms with van der Waals surface area (Å²) in [5.74, 6) is 0. The molecule has 0 saturated carbocycles. The minimum Gasteiger partial charge on any atom is -0.309 e. The van der Waals surface area contributed by atoms with Gasteiger partial charge in [-0.05, 0) is 69.4 Å². The van der Waals surface area contributed by atoms with Gasteiger partial charge in [0.2, 0.25) is 0 Å². The molecule has 0 aliphatic carbocycles. The van der Waals surface area contributed by atoms with Gasteiger partial charge >= 0.3 is 0 Å². The van der Waals surface area contributed by atoms with E-state index in [4.69, 9.17) is 0 Å². The Bertz CT molecular complexity index is 420. The monoisotopic (exact) mass is 288 g/mol. The second kappa shape index (κ2) is 8.55. The van der Waals surface area contributed by atoms with Crippen LogP contribution >= 0.6 is 0 Å². The molecule has 0 radical (unpaired) electrons. The van der Waals surface area contributed by atoms with E-state index in [1.54, 1.807) is 0 Å². The maximum absolute atomic E-state index is 3.76. The van der Waals surface area contributed by atoms with Crippen LogP contribution in [-0.2, 0) is 0 Å². The van der Waals surface area contributed by atoms with Crippen LogP contribution in [0, 0.1) is 13.8 Å². The third-order valence-electron chi connectivity index (χ3n) is 4.71. The standard InChI is InChI=1S/C19H32N2/c1-4-11-20-19(15-21-12-7-5-6-8-13-21)18-10-9-16(2)17(3)14-18/h9-10,14,19-20H,4-8,11-13,15H2,1-3H3. The van der Waals surface area contributed by atoms with Crippen LogP contribution in [0.4, 0.5) is 0 Å². The molecule has 1 aromatic rings. The molecule has 2 rings (SSSR count). The van der Waals surface area contributed by atoms with Gasteiger partial charge in [-0.1, -0.05) is 38.0 Å². The number of hydrogen-bond donors (Lipinski definition) is 1. The average Bonchev–Trinajstić information content (AvgIpc) is 2.75. The summed E-state index contributed by atoms with van der Waals surface area (Å²) < 4.78 is 0. The van der Waals surface area contributed by atoms with Crippen molar-refractivity contribution < 1.29 is 0 Å². The highest BCUT2D eigenvalue weighted by molar-refractivity contribution is 5.32. The fourth-order valence-electron chi connectivity index (χ4n) is 3.16. The van der Waals surface area contributed by atoms with Crippen LogP contribution in [0.5, 0.6) is 0 Å². The van der Waals surface area contributed by atoms with E-state index >= 15 is 0 Å². The minimum absolute atomic E-state index is 0.474. The van der Waals surface area contributed by atoms with E-state index in [-0.39, 0.29) is 0 Å². The van der Waals surface area contributed by atoms with Crippen molar-refractivity contribution in [3.63, 3.8) is 0 Å². The van der Waals surface area contributed by atoms with Crippen molar-refractivity contribution in [2.45, 2.75) is 58.9 Å². The van der Waals surface area contributed by atoms with Gasteiger partial charge in [0.25, 0.3) is 0 Å². The summed E-state index contributed by atoms with van der Waals surface area (Å²) in [6, 6.07) is 7.43. The molecular weight excluding hydrogens is 256 g/mol. The van der Waals surface area contributed by atoms with E-state index < -0.39 is 0 Å². The molecule has 0 bridgehead atoms. The Morgan fingerprint density at radius 1 is 1.05 bits per heavy atom. The molecule has 1 N–H and O–H groups in total. The zero-order valence-corrected chi connectivity index (χ0v) is 14.1. The highest BCUT2D eigenvalue weighted by Gasteiger charge is 2.17. The zero-order valence-electron chi connectivity index (χ0n) is 14.1. The Kier molecular flexibility index (Phi) is 6.72. The molecule has 1 fully saturated rings. The summed E-state index contributed by atoms with van der Waals surface area (Å²) in [7, 11) is 0. The highest BCUT2D eigenvalue weighted by Crippen LogP contribution is 2.20. The van der Waals surface area contributed by atoms with E-state index in [0.717, 1.165) is 13.1 Å². The molecule has 21 heavy (non-hydrogen) atoms. The Morgan fingerprint density at radius 2 is 1.76 bits per heavy atom. The first-order chi connectivity index (χ1) is 10.2. The summed E-state index contributed by atoms with van der Waals surface area (Å²) in [6.07, 6.45) is 6.75.